The van der Waals surface area contributed by atoms with Gasteiger partial charge in [0, 0.05) is 26.2 Å². The van der Waals surface area contributed by atoms with E-state index in [4.69, 9.17) is 14.6 Å². The summed E-state index contributed by atoms with van der Waals surface area (Å²) in [5.74, 6) is -0.383. The number of esters is 1. The largest absolute Gasteiger partial charge is 0.462 e. The Morgan fingerprint density at radius 2 is 2.03 bits per heavy atom. The summed E-state index contributed by atoms with van der Waals surface area (Å²) in [6.45, 7) is 6.27. The number of fused-ring (bicyclic) bond motifs is 1. The zero-order valence-electron chi connectivity index (χ0n) is 17.9. The third-order valence-corrected chi connectivity index (χ3v) is 5.29. The Morgan fingerprint density at radius 1 is 1.27 bits per heavy atom. The number of carbonyl (C=O) groups excluding carboxylic acids is 2. The van der Waals surface area contributed by atoms with Crippen LogP contribution in [0.15, 0.2) is 30.3 Å². The molecule has 0 fully saturated rings. The molecular formula is C23H31N3O4. The van der Waals surface area contributed by atoms with E-state index in [-0.39, 0.29) is 17.9 Å². The maximum Gasteiger partial charge on any atom is 0.338 e. The van der Waals surface area contributed by atoms with Crippen LogP contribution in [-0.4, -0.2) is 48.0 Å². The minimum atomic E-state index is -0.326. The molecule has 3 rings (SSSR count). The Labute approximate surface area is 177 Å². The van der Waals surface area contributed by atoms with Gasteiger partial charge >= 0.3 is 5.97 Å². The minimum Gasteiger partial charge on any atom is -0.462 e. The molecule has 1 aromatic carbocycles. The third kappa shape index (κ3) is 5.48. The molecule has 2 aromatic rings. The van der Waals surface area contributed by atoms with Crippen LogP contribution >= 0.6 is 0 Å². The Hall–Kier alpha value is -2.67. The molecule has 2 heterocycles. The van der Waals surface area contributed by atoms with Crippen LogP contribution in [0, 0.1) is 0 Å². The molecule has 0 saturated heterocycles. The van der Waals surface area contributed by atoms with Crippen LogP contribution < -0.4 is 5.32 Å². The SMILES string of the molecule is CCc1nn(C(C)CCOC(=O)c2ccccc2)c2c1C(=O)NCCCOCCC2. The first kappa shape index (κ1) is 22.0. The van der Waals surface area contributed by atoms with E-state index in [1.54, 1.807) is 12.1 Å². The number of rotatable bonds is 6. The van der Waals surface area contributed by atoms with Gasteiger partial charge in [-0.3, -0.25) is 9.48 Å². The van der Waals surface area contributed by atoms with E-state index in [9.17, 15) is 9.59 Å². The zero-order chi connectivity index (χ0) is 21.3. The van der Waals surface area contributed by atoms with E-state index in [0.29, 0.717) is 50.3 Å². The van der Waals surface area contributed by atoms with E-state index < -0.39 is 0 Å². The summed E-state index contributed by atoms with van der Waals surface area (Å²) in [6, 6.07) is 8.98. The fraction of sp³-hybridized carbons (Fsp3) is 0.522. The van der Waals surface area contributed by atoms with Crippen molar-refractivity contribution in [2.24, 2.45) is 0 Å². The van der Waals surface area contributed by atoms with Gasteiger partial charge in [-0.15, -0.1) is 0 Å². The van der Waals surface area contributed by atoms with Crippen molar-refractivity contribution in [1.82, 2.24) is 15.1 Å². The van der Waals surface area contributed by atoms with Gasteiger partial charge in [0.15, 0.2) is 0 Å². The van der Waals surface area contributed by atoms with Crippen molar-refractivity contribution in [2.45, 2.75) is 52.0 Å². The molecule has 0 bridgehead atoms. The summed E-state index contributed by atoms with van der Waals surface area (Å²) in [6.07, 6.45) is 3.68. The maximum absolute atomic E-state index is 12.8. The molecular weight excluding hydrogens is 382 g/mol. The van der Waals surface area contributed by atoms with Crippen LogP contribution in [0.1, 0.15) is 71.3 Å². The Balaban J connectivity index is 1.72. The van der Waals surface area contributed by atoms with Crippen LogP contribution in [0.3, 0.4) is 0 Å². The van der Waals surface area contributed by atoms with Crippen molar-refractivity contribution in [3.8, 4) is 0 Å². The van der Waals surface area contributed by atoms with Crippen molar-refractivity contribution < 1.29 is 19.1 Å². The molecule has 162 valence electrons. The first-order valence-electron chi connectivity index (χ1n) is 10.8. The summed E-state index contributed by atoms with van der Waals surface area (Å²) >= 11 is 0. The predicted molar refractivity (Wildman–Crippen MR) is 114 cm³/mol. The maximum atomic E-state index is 12.8. The molecule has 1 aliphatic rings. The first-order chi connectivity index (χ1) is 14.6. The molecule has 7 nitrogen and oxygen atoms in total. The van der Waals surface area contributed by atoms with Crippen LogP contribution in [-0.2, 0) is 22.3 Å². The summed E-state index contributed by atoms with van der Waals surface area (Å²) < 4.78 is 13.0. The lowest BCUT2D eigenvalue weighted by Crippen LogP contribution is -2.27. The number of ether oxygens (including phenoxy) is 2. The van der Waals surface area contributed by atoms with Crippen molar-refractivity contribution in [3.05, 3.63) is 52.8 Å². The van der Waals surface area contributed by atoms with Gasteiger partial charge in [-0.25, -0.2) is 4.79 Å². The summed E-state index contributed by atoms with van der Waals surface area (Å²) in [7, 11) is 0. The van der Waals surface area contributed by atoms with E-state index in [1.807, 2.05) is 36.7 Å². The second-order valence-corrected chi connectivity index (χ2v) is 7.53. The number of hydrogen-bond donors (Lipinski definition) is 1. The lowest BCUT2D eigenvalue weighted by molar-refractivity contribution is 0.0484. The molecule has 0 saturated carbocycles. The number of carbonyl (C=O) groups is 2. The average Bonchev–Trinajstić information content (AvgIpc) is 3.12. The van der Waals surface area contributed by atoms with Gasteiger partial charge in [0.1, 0.15) is 0 Å². The molecule has 0 radical (unpaired) electrons. The van der Waals surface area contributed by atoms with E-state index >= 15 is 0 Å². The highest BCUT2D eigenvalue weighted by atomic mass is 16.5. The van der Waals surface area contributed by atoms with Crippen molar-refractivity contribution in [1.29, 1.82) is 0 Å². The van der Waals surface area contributed by atoms with Gasteiger partial charge in [-0.2, -0.15) is 5.10 Å². The van der Waals surface area contributed by atoms with Gasteiger partial charge in [0.05, 0.1) is 35.2 Å². The zero-order valence-corrected chi connectivity index (χ0v) is 17.9. The fourth-order valence-electron chi connectivity index (χ4n) is 3.65. The lowest BCUT2D eigenvalue weighted by atomic mass is 10.1. The standard InChI is InChI=1S/C23H31N3O4/c1-3-19-21-20(11-7-14-29-15-8-13-24-22(21)27)26(25-19)17(2)12-16-30-23(28)18-9-5-4-6-10-18/h4-6,9-10,17H,3,7-8,11-16H2,1-2H3,(H,24,27). The Kier molecular flexibility index (Phi) is 8.02. The van der Waals surface area contributed by atoms with Gasteiger partial charge in [-0.1, -0.05) is 25.1 Å². The highest BCUT2D eigenvalue weighted by Gasteiger charge is 2.25. The smallest absolute Gasteiger partial charge is 0.338 e. The number of amides is 1. The first-order valence-corrected chi connectivity index (χ1v) is 10.8. The van der Waals surface area contributed by atoms with Crippen LogP contribution in [0.4, 0.5) is 0 Å². The third-order valence-electron chi connectivity index (χ3n) is 5.29. The van der Waals surface area contributed by atoms with Gasteiger partial charge in [0.25, 0.3) is 5.91 Å². The summed E-state index contributed by atoms with van der Waals surface area (Å²) in [5.41, 5.74) is 3.00. The number of aryl methyl sites for hydroxylation is 1. The highest BCUT2D eigenvalue weighted by molar-refractivity contribution is 5.96. The van der Waals surface area contributed by atoms with Gasteiger partial charge in [0.2, 0.25) is 0 Å². The fourth-order valence-corrected chi connectivity index (χ4v) is 3.65. The average molecular weight is 414 g/mol. The summed E-state index contributed by atoms with van der Waals surface area (Å²) in [4.78, 5) is 25.0. The topological polar surface area (TPSA) is 82.5 Å². The molecule has 1 unspecified atom stereocenters. The second-order valence-electron chi connectivity index (χ2n) is 7.53. The molecule has 1 amide bonds. The lowest BCUT2D eigenvalue weighted by Gasteiger charge is -2.16. The van der Waals surface area contributed by atoms with Crippen LogP contribution in [0.25, 0.3) is 0 Å². The van der Waals surface area contributed by atoms with Crippen molar-refractivity contribution in [3.63, 3.8) is 0 Å². The van der Waals surface area contributed by atoms with E-state index in [1.165, 1.54) is 0 Å². The number of nitrogens with one attached hydrogen (secondary N) is 1. The highest BCUT2D eigenvalue weighted by Crippen LogP contribution is 2.23. The Morgan fingerprint density at radius 3 is 2.80 bits per heavy atom. The molecule has 1 aromatic heterocycles. The normalized spacial score (nSPS) is 16.1. The summed E-state index contributed by atoms with van der Waals surface area (Å²) in [5, 5.41) is 7.76. The number of aromatic nitrogens is 2. The van der Waals surface area contributed by atoms with Crippen LogP contribution in [0.2, 0.25) is 0 Å². The number of hydrogen-bond acceptors (Lipinski definition) is 5. The van der Waals surface area contributed by atoms with Crippen LogP contribution in [0.5, 0.6) is 0 Å². The molecule has 7 heteroatoms. The predicted octanol–water partition coefficient (Wildman–Crippen LogP) is 3.34. The molecule has 1 N–H and O–H groups in total. The Bertz CT molecular complexity index is 848. The van der Waals surface area contributed by atoms with Crippen molar-refractivity contribution >= 4 is 11.9 Å². The van der Waals surface area contributed by atoms with Gasteiger partial charge in [-0.05, 0) is 44.7 Å². The van der Waals surface area contributed by atoms with Gasteiger partial charge < -0.3 is 14.8 Å². The molecule has 0 aliphatic carbocycles. The molecule has 1 aliphatic heterocycles. The second kappa shape index (κ2) is 10.9. The monoisotopic (exact) mass is 413 g/mol. The number of nitrogens with zero attached hydrogens (tertiary/aromatic N) is 2. The van der Waals surface area contributed by atoms with E-state index in [2.05, 4.69) is 5.32 Å². The van der Waals surface area contributed by atoms with E-state index in [0.717, 1.165) is 30.7 Å². The molecule has 0 spiro atoms. The molecule has 1 atom stereocenters. The number of benzene rings is 1. The quantitative estimate of drug-likeness (QED) is 0.735. The van der Waals surface area contributed by atoms with Crippen molar-refractivity contribution in [2.75, 3.05) is 26.4 Å². The minimum absolute atomic E-state index is 0.00136. The molecule has 30 heavy (non-hydrogen) atoms.